The highest BCUT2D eigenvalue weighted by Gasteiger charge is 2.36. The first-order valence-electron chi connectivity index (χ1n) is 16.7. The van der Waals surface area contributed by atoms with Crippen LogP contribution in [0, 0.1) is 0 Å². The molecule has 0 aliphatic heterocycles. The van der Waals surface area contributed by atoms with Crippen molar-refractivity contribution in [3.8, 4) is 5.75 Å². The van der Waals surface area contributed by atoms with Crippen molar-refractivity contribution in [3.05, 3.63) is 28.8 Å². The number of benzene rings is 1. The third-order valence-electron chi connectivity index (χ3n) is 7.97. The number of nitrogens with one attached hydrogen (secondary N) is 1. The summed E-state index contributed by atoms with van der Waals surface area (Å²) in [6.07, 6.45) is 12.0. The summed E-state index contributed by atoms with van der Waals surface area (Å²) in [7, 11) is -2.64. The number of unbranched alkanes of at least 4 members (excludes halogenated alkanes) is 6. The Morgan fingerprint density at radius 1 is 0.756 bits per heavy atom. The molecule has 1 atom stereocenters. The van der Waals surface area contributed by atoms with Crippen molar-refractivity contribution < 1.29 is 19.1 Å². The predicted octanol–water partition coefficient (Wildman–Crippen LogP) is 10.3. The Kier molecular flexibility index (Phi) is 17.4. The molecule has 0 bridgehead atoms. The van der Waals surface area contributed by atoms with E-state index in [9.17, 15) is 5.11 Å². The standard InChI is InChI=1S/C35H66NO4P/c1-11-15-17-19-24-41(38,25-20-18-16-12-2)33(36-23-21-22-31(39-13-3)40-14-4)28-26-29(34(5,6)7)32(37)30(27-28)35(8,9)10/h26-27,31,33,36-37H,11-25H2,1-10H3. The topological polar surface area (TPSA) is 67.8 Å². The second-order valence-electron chi connectivity index (χ2n) is 13.8. The summed E-state index contributed by atoms with van der Waals surface area (Å²) in [5.74, 6) is 0.149. The lowest BCUT2D eigenvalue weighted by atomic mass is 9.78. The molecule has 2 N–H and O–H groups in total. The molecule has 240 valence electrons. The average molecular weight is 596 g/mol. The molecule has 0 fully saturated rings. The first-order valence-corrected chi connectivity index (χ1v) is 18.8. The molecule has 0 amide bonds. The summed E-state index contributed by atoms with van der Waals surface area (Å²) >= 11 is 0. The fraction of sp³-hybridized carbons (Fsp3) is 0.829. The SMILES string of the molecule is CCCCCCP(=O)(CCCCCC)C(NCCCC(OCC)OCC)c1cc(C(C)(C)C)c(O)c(C(C)(C)C)c1. The zero-order chi connectivity index (χ0) is 31.1. The molecule has 0 aliphatic rings. The minimum atomic E-state index is -2.64. The average Bonchev–Trinajstić information content (AvgIpc) is 2.88. The molecule has 5 nitrogen and oxygen atoms in total. The molecular formula is C35H66NO4P. The van der Waals surface area contributed by atoms with Crippen molar-refractivity contribution >= 4 is 7.14 Å². The van der Waals surface area contributed by atoms with Crippen molar-refractivity contribution in [1.29, 1.82) is 0 Å². The van der Waals surface area contributed by atoms with Gasteiger partial charge in [-0.2, -0.15) is 0 Å². The van der Waals surface area contributed by atoms with E-state index in [1.165, 1.54) is 25.7 Å². The van der Waals surface area contributed by atoms with Crippen LogP contribution in [0.4, 0.5) is 0 Å². The van der Waals surface area contributed by atoms with Crippen molar-refractivity contribution in [2.45, 2.75) is 156 Å². The maximum atomic E-state index is 15.2. The zero-order valence-corrected chi connectivity index (χ0v) is 29.4. The summed E-state index contributed by atoms with van der Waals surface area (Å²) in [6, 6.07) is 4.30. The van der Waals surface area contributed by atoms with Gasteiger partial charge in [0, 0.05) is 25.5 Å². The number of phenolic OH excluding ortho intramolecular Hbond substituents is 1. The van der Waals surface area contributed by atoms with Gasteiger partial charge in [-0.05, 0) is 85.7 Å². The fourth-order valence-corrected chi connectivity index (χ4v) is 9.00. The van der Waals surface area contributed by atoms with Gasteiger partial charge in [0.25, 0.3) is 0 Å². The summed E-state index contributed by atoms with van der Waals surface area (Å²) in [6.45, 7) is 23.4. The van der Waals surface area contributed by atoms with E-state index in [-0.39, 0.29) is 22.9 Å². The minimum Gasteiger partial charge on any atom is -0.507 e. The molecule has 0 aromatic heterocycles. The van der Waals surface area contributed by atoms with Crippen LogP contribution in [-0.4, -0.2) is 43.5 Å². The van der Waals surface area contributed by atoms with Crippen LogP contribution in [0.5, 0.6) is 5.75 Å². The first kappa shape index (κ1) is 38.2. The number of aromatic hydroxyl groups is 1. The van der Waals surface area contributed by atoms with E-state index in [0.717, 1.165) is 74.1 Å². The lowest BCUT2D eigenvalue weighted by Crippen LogP contribution is -2.28. The van der Waals surface area contributed by atoms with Crippen molar-refractivity contribution in [3.63, 3.8) is 0 Å². The van der Waals surface area contributed by atoms with Gasteiger partial charge in [-0.3, -0.25) is 0 Å². The zero-order valence-electron chi connectivity index (χ0n) is 28.5. The van der Waals surface area contributed by atoms with Crippen LogP contribution in [0.3, 0.4) is 0 Å². The van der Waals surface area contributed by atoms with E-state index < -0.39 is 7.14 Å². The molecule has 0 radical (unpaired) electrons. The van der Waals surface area contributed by atoms with Crippen molar-refractivity contribution in [2.75, 3.05) is 32.1 Å². The van der Waals surface area contributed by atoms with Gasteiger partial charge in [-0.1, -0.05) is 93.9 Å². The van der Waals surface area contributed by atoms with E-state index in [2.05, 4.69) is 72.8 Å². The second kappa shape index (κ2) is 18.7. The van der Waals surface area contributed by atoms with Gasteiger partial charge in [0.15, 0.2) is 6.29 Å². The van der Waals surface area contributed by atoms with Crippen LogP contribution < -0.4 is 5.32 Å². The van der Waals surface area contributed by atoms with Gasteiger partial charge in [-0.15, -0.1) is 0 Å². The smallest absolute Gasteiger partial charge is 0.157 e. The number of hydrogen-bond donors (Lipinski definition) is 2. The van der Waals surface area contributed by atoms with E-state index in [1.807, 2.05) is 13.8 Å². The highest BCUT2D eigenvalue weighted by molar-refractivity contribution is 7.64. The molecule has 6 heteroatoms. The Balaban J connectivity index is 3.56. The number of hydrogen-bond acceptors (Lipinski definition) is 5. The van der Waals surface area contributed by atoms with Crippen LogP contribution in [0.25, 0.3) is 0 Å². The van der Waals surface area contributed by atoms with Crippen LogP contribution in [0.1, 0.15) is 156 Å². The maximum absolute atomic E-state index is 15.2. The number of phenols is 1. The quantitative estimate of drug-likeness (QED) is 0.0841. The largest absolute Gasteiger partial charge is 0.507 e. The Bertz CT molecular complexity index is 845. The van der Waals surface area contributed by atoms with Gasteiger partial charge in [-0.25, -0.2) is 0 Å². The summed E-state index contributed by atoms with van der Waals surface area (Å²) in [4.78, 5) is 0. The Hall–Kier alpha value is -0.870. The van der Waals surface area contributed by atoms with Gasteiger partial charge in [0.1, 0.15) is 12.9 Å². The fourth-order valence-electron chi connectivity index (χ4n) is 5.59. The second-order valence-corrected chi connectivity index (χ2v) is 17.1. The minimum absolute atomic E-state index is 0.200. The predicted molar refractivity (Wildman–Crippen MR) is 178 cm³/mol. The molecule has 1 unspecified atom stereocenters. The van der Waals surface area contributed by atoms with Gasteiger partial charge in [0.2, 0.25) is 0 Å². The van der Waals surface area contributed by atoms with Crippen LogP contribution in [0.15, 0.2) is 12.1 Å². The number of ether oxygens (including phenoxy) is 2. The molecule has 1 rings (SSSR count). The van der Waals surface area contributed by atoms with Crippen molar-refractivity contribution in [2.24, 2.45) is 0 Å². The summed E-state index contributed by atoms with van der Waals surface area (Å²) in [5.41, 5.74) is 2.46. The first-order chi connectivity index (χ1) is 19.2. The van der Waals surface area contributed by atoms with E-state index >= 15 is 4.57 Å². The number of rotatable bonds is 21. The molecule has 0 aliphatic carbocycles. The molecule has 0 saturated carbocycles. The molecule has 0 heterocycles. The monoisotopic (exact) mass is 595 g/mol. The highest BCUT2D eigenvalue weighted by Crippen LogP contribution is 2.60. The summed E-state index contributed by atoms with van der Waals surface area (Å²) in [5, 5.41) is 15.2. The van der Waals surface area contributed by atoms with E-state index in [1.54, 1.807) is 0 Å². The van der Waals surface area contributed by atoms with E-state index in [0.29, 0.717) is 19.0 Å². The maximum Gasteiger partial charge on any atom is 0.157 e. The lowest BCUT2D eigenvalue weighted by molar-refractivity contribution is -0.139. The van der Waals surface area contributed by atoms with Gasteiger partial charge in [0.05, 0.1) is 5.78 Å². The van der Waals surface area contributed by atoms with Crippen LogP contribution in [0.2, 0.25) is 0 Å². The Morgan fingerprint density at radius 3 is 1.61 bits per heavy atom. The molecule has 0 spiro atoms. The molecular weight excluding hydrogens is 529 g/mol. The van der Waals surface area contributed by atoms with Crippen molar-refractivity contribution in [1.82, 2.24) is 5.32 Å². The third-order valence-corrected chi connectivity index (χ3v) is 11.5. The highest BCUT2D eigenvalue weighted by atomic mass is 31.2. The summed E-state index contributed by atoms with van der Waals surface area (Å²) < 4.78 is 26.8. The lowest BCUT2D eigenvalue weighted by Gasteiger charge is -2.34. The molecule has 1 aromatic carbocycles. The van der Waals surface area contributed by atoms with E-state index in [4.69, 9.17) is 9.47 Å². The molecule has 41 heavy (non-hydrogen) atoms. The third kappa shape index (κ3) is 13.1. The van der Waals surface area contributed by atoms with Crippen LogP contribution >= 0.6 is 7.14 Å². The Labute approximate surface area is 254 Å². The van der Waals surface area contributed by atoms with Crippen LogP contribution in [-0.2, 0) is 24.9 Å². The molecule has 0 saturated heterocycles. The Morgan fingerprint density at radius 2 is 1.22 bits per heavy atom. The van der Waals surface area contributed by atoms with Gasteiger partial charge < -0.3 is 24.5 Å². The molecule has 1 aromatic rings. The normalized spacial score (nSPS) is 13.7. The van der Waals surface area contributed by atoms with Gasteiger partial charge >= 0.3 is 0 Å².